The van der Waals surface area contributed by atoms with Crippen molar-refractivity contribution in [1.29, 1.82) is 0 Å². The number of para-hydroxylation sites is 1. The summed E-state index contributed by atoms with van der Waals surface area (Å²) in [5, 5.41) is 0. The minimum absolute atomic E-state index is 0.00490. The van der Waals surface area contributed by atoms with Crippen molar-refractivity contribution >= 4 is 5.97 Å². The summed E-state index contributed by atoms with van der Waals surface area (Å²) < 4.78 is 18.7. The van der Waals surface area contributed by atoms with Gasteiger partial charge in [-0.2, -0.15) is 0 Å². The van der Waals surface area contributed by atoms with E-state index in [-0.39, 0.29) is 11.7 Å². The molecule has 0 N–H and O–H groups in total. The minimum Gasteiger partial charge on any atom is -0.423 e. The minimum atomic E-state index is -0.580. The third-order valence-corrected chi connectivity index (χ3v) is 3.51. The Balaban J connectivity index is 1.84. The van der Waals surface area contributed by atoms with Crippen LogP contribution in [0, 0.1) is 5.82 Å². The van der Waals surface area contributed by atoms with Gasteiger partial charge in [-0.15, -0.1) is 0 Å². The first-order chi connectivity index (χ1) is 9.22. The zero-order valence-corrected chi connectivity index (χ0v) is 10.3. The molecule has 1 aliphatic rings. The van der Waals surface area contributed by atoms with Gasteiger partial charge in [0.15, 0.2) is 11.6 Å². The highest BCUT2D eigenvalue weighted by Gasteiger charge is 2.53. The SMILES string of the molecule is O=C(Oc1ccccc1F)C1(c2ccccc2)CC1. The van der Waals surface area contributed by atoms with Crippen LogP contribution in [0.3, 0.4) is 0 Å². The van der Waals surface area contributed by atoms with Gasteiger partial charge in [-0.1, -0.05) is 42.5 Å². The van der Waals surface area contributed by atoms with E-state index in [1.54, 1.807) is 12.1 Å². The predicted octanol–water partition coefficient (Wildman–Crippen LogP) is 3.46. The van der Waals surface area contributed by atoms with Crippen LogP contribution in [0.15, 0.2) is 54.6 Å². The molecular formula is C16H13FO2. The molecule has 0 bridgehead atoms. The third-order valence-electron chi connectivity index (χ3n) is 3.51. The number of carbonyl (C=O) groups is 1. The Bertz CT molecular complexity index is 603. The summed E-state index contributed by atoms with van der Waals surface area (Å²) in [5.41, 5.74) is 0.361. The van der Waals surface area contributed by atoms with Crippen LogP contribution in [0.1, 0.15) is 18.4 Å². The van der Waals surface area contributed by atoms with Crippen molar-refractivity contribution in [3.63, 3.8) is 0 Å². The van der Waals surface area contributed by atoms with Gasteiger partial charge in [-0.05, 0) is 30.5 Å². The van der Waals surface area contributed by atoms with E-state index in [4.69, 9.17) is 4.74 Å². The molecule has 2 aromatic carbocycles. The number of benzene rings is 2. The van der Waals surface area contributed by atoms with Crippen LogP contribution < -0.4 is 4.74 Å². The smallest absolute Gasteiger partial charge is 0.322 e. The largest absolute Gasteiger partial charge is 0.423 e. The lowest BCUT2D eigenvalue weighted by molar-refractivity contribution is -0.137. The Kier molecular flexibility index (Phi) is 2.82. The van der Waals surface area contributed by atoms with Crippen molar-refractivity contribution < 1.29 is 13.9 Å². The summed E-state index contributed by atoms with van der Waals surface area (Å²) in [4.78, 5) is 12.3. The van der Waals surface area contributed by atoms with Crippen molar-refractivity contribution in [2.45, 2.75) is 18.3 Å². The van der Waals surface area contributed by atoms with Crippen LogP contribution in [0.2, 0.25) is 0 Å². The van der Waals surface area contributed by atoms with Gasteiger partial charge in [0.2, 0.25) is 0 Å². The second kappa shape index (κ2) is 4.50. The normalized spacial score (nSPS) is 15.8. The summed E-state index contributed by atoms with van der Waals surface area (Å²) in [6.45, 7) is 0. The van der Waals surface area contributed by atoms with Gasteiger partial charge in [-0.25, -0.2) is 4.39 Å². The fourth-order valence-corrected chi connectivity index (χ4v) is 2.22. The predicted molar refractivity (Wildman–Crippen MR) is 69.4 cm³/mol. The van der Waals surface area contributed by atoms with Crippen LogP contribution in [-0.2, 0) is 10.2 Å². The van der Waals surface area contributed by atoms with Crippen molar-refractivity contribution in [3.8, 4) is 5.75 Å². The van der Waals surface area contributed by atoms with Crippen LogP contribution in [-0.4, -0.2) is 5.97 Å². The first-order valence-corrected chi connectivity index (χ1v) is 6.25. The van der Waals surface area contributed by atoms with Gasteiger partial charge in [0.05, 0.1) is 5.41 Å². The van der Waals surface area contributed by atoms with E-state index in [2.05, 4.69) is 0 Å². The molecule has 0 aromatic heterocycles. The molecule has 3 rings (SSSR count). The number of ether oxygens (including phenoxy) is 1. The molecule has 96 valence electrons. The second-order valence-corrected chi connectivity index (χ2v) is 4.77. The number of carbonyl (C=O) groups excluding carboxylic acids is 1. The average Bonchev–Trinajstić information content (AvgIpc) is 3.24. The molecule has 19 heavy (non-hydrogen) atoms. The van der Waals surface area contributed by atoms with E-state index in [1.165, 1.54) is 12.1 Å². The van der Waals surface area contributed by atoms with Crippen molar-refractivity contribution in [3.05, 3.63) is 66.0 Å². The topological polar surface area (TPSA) is 26.3 Å². The van der Waals surface area contributed by atoms with E-state index >= 15 is 0 Å². The van der Waals surface area contributed by atoms with Gasteiger partial charge in [0.25, 0.3) is 0 Å². The van der Waals surface area contributed by atoms with Crippen LogP contribution in [0.25, 0.3) is 0 Å². The molecule has 0 amide bonds. The maximum absolute atomic E-state index is 13.5. The Morgan fingerprint density at radius 2 is 1.63 bits per heavy atom. The Hall–Kier alpha value is -2.16. The van der Waals surface area contributed by atoms with Crippen molar-refractivity contribution in [1.82, 2.24) is 0 Å². The van der Waals surface area contributed by atoms with Gasteiger partial charge in [-0.3, -0.25) is 4.79 Å². The monoisotopic (exact) mass is 256 g/mol. The van der Waals surface area contributed by atoms with Crippen molar-refractivity contribution in [2.24, 2.45) is 0 Å². The number of halogens is 1. The summed E-state index contributed by atoms with van der Waals surface area (Å²) in [5.74, 6) is -0.891. The maximum Gasteiger partial charge on any atom is 0.322 e. The number of hydrogen-bond acceptors (Lipinski definition) is 2. The van der Waals surface area contributed by atoms with Crippen molar-refractivity contribution in [2.75, 3.05) is 0 Å². The Morgan fingerprint density at radius 1 is 1.00 bits per heavy atom. The fourth-order valence-electron chi connectivity index (χ4n) is 2.22. The zero-order valence-electron chi connectivity index (χ0n) is 10.3. The molecule has 1 saturated carbocycles. The molecule has 0 atom stereocenters. The van der Waals surface area contributed by atoms with E-state index in [0.717, 1.165) is 18.4 Å². The van der Waals surface area contributed by atoms with E-state index in [9.17, 15) is 9.18 Å². The van der Waals surface area contributed by atoms with Gasteiger partial charge < -0.3 is 4.74 Å². The highest BCUT2D eigenvalue weighted by Crippen LogP contribution is 2.49. The molecule has 1 aliphatic carbocycles. The highest BCUT2D eigenvalue weighted by atomic mass is 19.1. The molecule has 0 spiro atoms. The fraction of sp³-hybridized carbons (Fsp3) is 0.188. The van der Waals surface area contributed by atoms with Crippen LogP contribution in [0.4, 0.5) is 4.39 Å². The summed E-state index contributed by atoms with van der Waals surface area (Å²) in [6, 6.07) is 15.5. The van der Waals surface area contributed by atoms with E-state index in [1.807, 2.05) is 30.3 Å². The quantitative estimate of drug-likeness (QED) is 0.621. The first-order valence-electron chi connectivity index (χ1n) is 6.25. The lowest BCUT2D eigenvalue weighted by Crippen LogP contribution is -2.26. The number of rotatable bonds is 3. The summed E-state index contributed by atoms with van der Waals surface area (Å²) in [6.07, 6.45) is 1.51. The van der Waals surface area contributed by atoms with Crippen LogP contribution >= 0.6 is 0 Å². The molecule has 0 saturated heterocycles. The van der Waals surface area contributed by atoms with Crippen LogP contribution in [0.5, 0.6) is 5.75 Å². The third kappa shape index (κ3) is 2.12. The molecule has 0 heterocycles. The molecule has 0 aliphatic heterocycles. The lowest BCUT2D eigenvalue weighted by atomic mass is 9.96. The van der Waals surface area contributed by atoms with E-state index < -0.39 is 11.2 Å². The number of hydrogen-bond donors (Lipinski definition) is 0. The molecule has 0 unspecified atom stereocenters. The summed E-state index contributed by atoms with van der Waals surface area (Å²) in [7, 11) is 0. The molecule has 0 radical (unpaired) electrons. The summed E-state index contributed by atoms with van der Waals surface area (Å²) >= 11 is 0. The highest BCUT2D eigenvalue weighted by molar-refractivity contribution is 5.88. The van der Waals surface area contributed by atoms with Gasteiger partial charge in [0, 0.05) is 0 Å². The van der Waals surface area contributed by atoms with E-state index in [0.29, 0.717) is 0 Å². The Labute approximate surface area is 110 Å². The molecule has 2 aromatic rings. The lowest BCUT2D eigenvalue weighted by Gasteiger charge is -2.14. The second-order valence-electron chi connectivity index (χ2n) is 4.77. The molecule has 3 heteroatoms. The zero-order chi connectivity index (χ0) is 13.3. The Morgan fingerprint density at radius 3 is 2.26 bits per heavy atom. The van der Waals surface area contributed by atoms with Gasteiger partial charge in [0.1, 0.15) is 0 Å². The standard InChI is InChI=1S/C16H13FO2/c17-13-8-4-5-9-14(13)19-15(18)16(10-11-16)12-6-2-1-3-7-12/h1-9H,10-11H2. The van der Waals surface area contributed by atoms with Gasteiger partial charge >= 0.3 is 5.97 Å². The molecular weight excluding hydrogens is 243 g/mol. The first kappa shape index (κ1) is 11.9. The number of esters is 1. The average molecular weight is 256 g/mol. The molecule has 1 fully saturated rings. The maximum atomic E-state index is 13.5. The molecule has 2 nitrogen and oxygen atoms in total.